The number of carbonyl (C=O) groups is 1. The van der Waals surface area contributed by atoms with E-state index in [1.807, 2.05) is 13.8 Å². The fourth-order valence-electron chi connectivity index (χ4n) is 2.03. The first kappa shape index (κ1) is 15.3. The molecule has 5 nitrogen and oxygen atoms in total. The van der Waals surface area contributed by atoms with E-state index in [-0.39, 0.29) is 41.6 Å². The Kier molecular flexibility index (Phi) is 4.34. The molecule has 1 aromatic heterocycles. The van der Waals surface area contributed by atoms with Gasteiger partial charge in [0.1, 0.15) is 5.15 Å². The van der Waals surface area contributed by atoms with E-state index < -0.39 is 9.84 Å². The molecule has 20 heavy (non-hydrogen) atoms. The number of carbonyl (C=O) groups excluding carboxylic acids is 1. The second-order valence-corrected chi connectivity index (χ2v) is 7.89. The molecule has 1 fully saturated rings. The van der Waals surface area contributed by atoms with Crippen molar-refractivity contribution in [1.82, 2.24) is 9.88 Å². The number of nitrogens with zero attached hydrogens (tertiary/aromatic N) is 2. The molecule has 0 aromatic carbocycles. The lowest BCUT2D eigenvalue weighted by atomic mass is 10.1. The van der Waals surface area contributed by atoms with E-state index in [1.54, 1.807) is 11.0 Å². The van der Waals surface area contributed by atoms with E-state index in [0.717, 1.165) is 5.69 Å². The highest BCUT2D eigenvalue weighted by atomic mass is 35.5. The summed E-state index contributed by atoms with van der Waals surface area (Å²) in [7, 11) is -2.99. The maximum absolute atomic E-state index is 12.4. The third-order valence-electron chi connectivity index (χ3n) is 3.28. The maximum Gasteiger partial charge on any atom is 0.254 e. The number of hydrogen-bond acceptors (Lipinski definition) is 4. The van der Waals surface area contributed by atoms with E-state index in [0.29, 0.717) is 5.56 Å². The van der Waals surface area contributed by atoms with Crippen LogP contribution in [0.4, 0.5) is 0 Å². The van der Waals surface area contributed by atoms with Gasteiger partial charge in [0, 0.05) is 24.3 Å². The van der Waals surface area contributed by atoms with Gasteiger partial charge >= 0.3 is 0 Å². The molecule has 0 saturated carbocycles. The standard InChI is InChI=1S/C13H17ClN2O3S/c1-9(2)11-7-10(8-12(14)15-11)13(17)16-3-5-20(18,19)6-4-16/h7-9H,3-6H2,1-2H3. The quantitative estimate of drug-likeness (QED) is 0.779. The first-order valence-corrected chi connectivity index (χ1v) is 8.65. The van der Waals surface area contributed by atoms with Gasteiger partial charge in [-0.3, -0.25) is 4.79 Å². The van der Waals surface area contributed by atoms with E-state index in [1.165, 1.54) is 6.07 Å². The van der Waals surface area contributed by atoms with Gasteiger partial charge in [0.15, 0.2) is 9.84 Å². The van der Waals surface area contributed by atoms with Crippen molar-refractivity contribution in [3.8, 4) is 0 Å². The van der Waals surface area contributed by atoms with E-state index in [4.69, 9.17) is 11.6 Å². The normalized spacial score (nSPS) is 18.3. The summed E-state index contributed by atoms with van der Waals surface area (Å²) >= 11 is 5.94. The lowest BCUT2D eigenvalue weighted by Gasteiger charge is -2.27. The molecule has 2 rings (SSSR count). The third kappa shape index (κ3) is 3.49. The summed E-state index contributed by atoms with van der Waals surface area (Å²) in [6.07, 6.45) is 0. The molecule has 1 amide bonds. The molecule has 0 bridgehead atoms. The minimum Gasteiger partial charge on any atom is -0.337 e. The Labute approximate surface area is 123 Å². The Morgan fingerprint density at radius 1 is 1.30 bits per heavy atom. The highest BCUT2D eigenvalue weighted by molar-refractivity contribution is 7.91. The second kappa shape index (κ2) is 5.69. The number of halogens is 1. The SMILES string of the molecule is CC(C)c1cc(C(=O)N2CCS(=O)(=O)CC2)cc(Cl)n1. The highest BCUT2D eigenvalue weighted by Gasteiger charge is 2.26. The van der Waals surface area contributed by atoms with Gasteiger partial charge in [-0.15, -0.1) is 0 Å². The van der Waals surface area contributed by atoms with Gasteiger partial charge in [-0.05, 0) is 18.1 Å². The van der Waals surface area contributed by atoms with Gasteiger partial charge in [-0.25, -0.2) is 13.4 Å². The fraction of sp³-hybridized carbons (Fsp3) is 0.538. The molecule has 0 aliphatic carbocycles. The average molecular weight is 317 g/mol. The largest absolute Gasteiger partial charge is 0.337 e. The Morgan fingerprint density at radius 3 is 2.45 bits per heavy atom. The summed E-state index contributed by atoms with van der Waals surface area (Å²) in [5.41, 5.74) is 1.22. The van der Waals surface area contributed by atoms with Crippen molar-refractivity contribution in [2.24, 2.45) is 0 Å². The number of rotatable bonds is 2. The molecule has 1 aromatic rings. The zero-order valence-electron chi connectivity index (χ0n) is 11.5. The third-order valence-corrected chi connectivity index (χ3v) is 5.09. The Morgan fingerprint density at radius 2 is 1.90 bits per heavy atom. The van der Waals surface area contributed by atoms with Crippen LogP contribution in [0, 0.1) is 0 Å². The van der Waals surface area contributed by atoms with Crippen LogP contribution in [0.3, 0.4) is 0 Å². The summed E-state index contributed by atoms with van der Waals surface area (Å²) < 4.78 is 22.8. The van der Waals surface area contributed by atoms with E-state index in [9.17, 15) is 13.2 Å². The van der Waals surface area contributed by atoms with Crippen molar-refractivity contribution in [2.75, 3.05) is 24.6 Å². The van der Waals surface area contributed by atoms with Crippen LogP contribution >= 0.6 is 11.6 Å². The predicted octanol–water partition coefficient (Wildman–Crippen LogP) is 1.73. The molecule has 1 aliphatic heterocycles. The van der Waals surface area contributed by atoms with Crippen LogP contribution in [0.2, 0.25) is 5.15 Å². The second-order valence-electron chi connectivity index (χ2n) is 5.20. The van der Waals surface area contributed by atoms with Gasteiger partial charge < -0.3 is 4.90 Å². The molecule has 1 saturated heterocycles. The van der Waals surface area contributed by atoms with Gasteiger partial charge in [-0.1, -0.05) is 25.4 Å². The lowest BCUT2D eigenvalue weighted by Crippen LogP contribution is -2.43. The predicted molar refractivity (Wildman–Crippen MR) is 77.9 cm³/mol. The van der Waals surface area contributed by atoms with Crippen LogP contribution in [0.1, 0.15) is 35.8 Å². The number of hydrogen-bond donors (Lipinski definition) is 0. The maximum atomic E-state index is 12.4. The molecule has 0 radical (unpaired) electrons. The molecule has 1 aliphatic rings. The van der Waals surface area contributed by atoms with Crippen molar-refractivity contribution in [2.45, 2.75) is 19.8 Å². The molecule has 0 spiro atoms. The molecular formula is C13H17ClN2O3S. The number of sulfone groups is 1. The zero-order valence-corrected chi connectivity index (χ0v) is 13.0. The first-order chi connectivity index (χ1) is 9.28. The summed E-state index contributed by atoms with van der Waals surface area (Å²) in [5, 5.41) is 0.282. The molecule has 0 N–H and O–H groups in total. The smallest absolute Gasteiger partial charge is 0.254 e. The summed E-state index contributed by atoms with van der Waals surface area (Å²) in [5.74, 6) is 0.0245. The van der Waals surface area contributed by atoms with Crippen molar-refractivity contribution in [3.05, 3.63) is 28.5 Å². The van der Waals surface area contributed by atoms with E-state index >= 15 is 0 Å². The van der Waals surface area contributed by atoms with Crippen LogP contribution in [-0.2, 0) is 9.84 Å². The topological polar surface area (TPSA) is 67.3 Å². The molecule has 0 atom stereocenters. The Balaban J connectivity index is 2.21. The fourth-order valence-corrected chi connectivity index (χ4v) is 3.45. The zero-order chi connectivity index (χ0) is 14.9. The molecule has 0 unspecified atom stereocenters. The average Bonchev–Trinajstić information content (AvgIpc) is 2.37. The van der Waals surface area contributed by atoms with E-state index in [2.05, 4.69) is 4.98 Å². The highest BCUT2D eigenvalue weighted by Crippen LogP contribution is 2.19. The van der Waals surface area contributed by atoms with Crippen LogP contribution < -0.4 is 0 Å². The lowest BCUT2D eigenvalue weighted by molar-refractivity contribution is 0.0770. The summed E-state index contributed by atoms with van der Waals surface area (Å²) in [4.78, 5) is 18.1. The van der Waals surface area contributed by atoms with Crippen molar-refractivity contribution in [1.29, 1.82) is 0 Å². The van der Waals surface area contributed by atoms with Crippen LogP contribution in [-0.4, -0.2) is 48.8 Å². The molecule has 2 heterocycles. The summed E-state index contributed by atoms with van der Waals surface area (Å²) in [6, 6.07) is 3.25. The van der Waals surface area contributed by atoms with Crippen molar-refractivity contribution < 1.29 is 13.2 Å². The molecule has 110 valence electrons. The monoisotopic (exact) mass is 316 g/mol. The molecule has 7 heteroatoms. The number of pyridine rings is 1. The minimum absolute atomic E-state index is 0.0224. The van der Waals surface area contributed by atoms with Crippen molar-refractivity contribution >= 4 is 27.3 Å². The van der Waals surface area contributed by atoms with Crippen LogP contribution in [0.25, 0.3) is 0 Å². The van der Waals surface area contributed by atoms with Gasteiger partial charge in [-0.2, -0.15) is 0 Å². The van der Waals surface area contributed by atoms with Crippen molar-refractivity contribution in [3.63, 3.8) is 0 Å². The molecular weight excluding hydrogens is 300 g/mol. The van der Waals surface area contributed by atoms with Crippen LogP contribution in [0.5, 0.6) is 0 Å². The summed E-state index contributed by atoms with van der Waals surface area (Å²) in [6.45, 7) is 4.41. The minimum atomic E-state index is -2.99. The van der Waals surface area contributed by atoms with Gasteiger partial charge in [0.2, 0.25) is 0 Å². The number of aromatic nitrogens is 1. The van der Waals surface area contributed by atoms with Gasteiger partial charge in [0.25, 0.3) is 5.91 Å². The van der Waals surface area contributed by atoms with Gasteiger partial charge in [0.05, 0.1) is 11.5 Å². The Hall–Kier alpha value is -1.14. The van der Waals surface area contributed by atoms with Crippen LogP contribution in [0.15, 0.2) is 12.1 Å². The number of amides is 1. The Bertz CT molecular complexity index is 615. The first-order valence-electron chi connectivity index (χ1n) is 6.46.